The Morgan fingerprint density at radius 1 is 1.37 bits per heavy atom. The van der Waals surface area contributed by atoms with Crippen LogP contribution in [-0.2, 0) is 6.54 Å². The lowest BCUT2D eigenvalue weighted by molar-refractivity contribution is 0.149. The molecule has 0 bridgehead atoms. The van der Waals surface area contributed by atoms with Gasteiger partial charge in [-0.15, -0.1) is 0 Å². The van der Waals surface area contributed by atoms with Gasteiger partial charge in [-0.25, -0.2) is 4.98 Å². The number of nitrogens with zero attached hydrogens (tertiary/aromatic N) is 2. The molecule has 0 saturated heterocycles. The molecule has 0 saturated carbocycles. The topological polar surface area (TPSA) is 49.6 Å². The van der Waals surface area contributed by atoms with Crippen LogP contribution in [0.4, 0.5) is 0 Å². The van der Waals surface area contributed by atoms with Crippen molar-refractivity contribution in [1.82, 2.24) is 14.7 Å². The average Bonchev–Trinajstić information content (AvgIpc) is 2.83. The Balaban J connectivity index is 2.18. The molecule has 0 aromatic carbocycles. The number of hydrogen-bond acceptors (Lipinski definition) is 3. The van der Waals surface area contributed by atoms with E-state index in [0.29, 0.717) is 6.54 Å². The highest BCUT2D eigenvalue weighted by Gasteiger charge is 2.24. The summed E-state index contributed by atoms with van der Waals surface area (Å²) < 4.78 is 2.09. The molecule has 0 aliphatic carbocycles. The second-order valence-electron chi connectivity index (χ2n) is 5.18. The van der Waals surface area contributed by atoms with Crippen LogP contribution >= 0.6 is 0 Å². The van der Waals surface area contributed by atoms with Crippen LogP contribution in [0, 0.1) is 6.92 Å². The van der Waals surface area contributed by atoms with E-state index in [0.717, 1.165) is 24.2 Å². The first kappa shape index (κ1) is 14.0. The maximum Gasteiger partial charge on any atom is 0.137 e. The molecular formula is C15H23N3O. The lowest BCUT2D eigenvalue weighted by atomic mass is 9.94. The van der Waals surface area contributed by atoms with Gasteiger partial charge in [-0.2, -0.15) is 0 Å². The highest BCUT2D eigenvalue weighted by Crippen LogP contribution is 2.16. The predicted octanol–water partition coefficient (Wildman–Crippen LogP) is 2.28. The van der Waals surface area contributed by atoms with Crippen LogP contribution in [0.2, 0.25) is 0 Å². The molecule has 4 nitrogen and oxygen atoms in total. The van der Waals surface area contributed by atoms with E-state index in [2.05, 4.69) is 47.6 Å². The molecule has 0 atom stereocenters. The molecule has 2 aromatic heterocycles. The summed E-state index contributed by atoms with van der Waals surface area (Å²) in [7, 11) is 0. The summed E-state index contributed by atoms with van der Waals surface area (Å²) in [6, 6.07) is 4.15. The standard InChI is InChI=1S/C15H23N3O/c1-4-15(5-2,11-19)17-10-13-9-16-14-8-12(3)6-7-18(13)14/h6-9,17,19H,4-5,10-11H2,1-3H3. The molecule has 0 unspecified atom stereocenters. The van der Waals surface area contributed by atoms with E-state index in [1.165, 1.54) is 5.56 Å². The molecule has 2 rings (SSSR count). The SMILES string of the molecule is CCC(CC)(CO)NCc1cnc2cc(C)ccn12. The molecule has 0 radical (unpaired) electrons. The Labute approximate surface area is 114 Å². The van der Waals surface area contributed by atoms with Crippen LogP contribution in [-0.4, -0.2) is 26.6 Å². The number of hydrogen-bond donors (Lipinski definition) is 2. The zero-order valence-corrected chi connectivity index (χ0v) is 12.0. The maximum absolute atomic E-state index is 9.57. The summed E-state index contributed by atoms with van der Waals surface area (Å²) in [6.07, 6.45) is 5.77. The third-order valence-corrected chi connectivity index (χ3v) is 4.05. The monoisotopic (exact) mass is 261 g/mol. The highest BCUT2D eigenvalue weighted by atomic mass is 16.3. The molecule has 0 amide bonds. The van der Waals surface area contributed by atoms with Crippen LogP contribution in [0.3, 0.4) is 0 Å². The quantitative estimate of drug-likeness (QED) is 0.838. The molecule has 0 spiro atoms. The summed E-state index contributed by atoms with van der Waals surface area (Å²) in [5, 5.41) is 13.1. The Morgan fingerprint density at radius 3 is 2.74 bits per heavy atom. The fraction of sp³-hybridized carbons (Fsp3) is 0.533. The van der Waals surface area contributed by atoms with Gasteiger partial charge in [0.15, 0.2) is 0 Å². The van der Waals surface area contributed by atoms with Crippen LogP contribution in [0.1, 0.15) is 37.9 Å². The fourth-order valence-corrected chi connectivity index (χ4v) is 2.32. The minimum absolute atomic E-state index is 0.163. The van der Waals surface area contributed by atoms with Crippen molar-refractivity contribution in [3.8, 4) is 0 Å². The lowest BCUT2D eigenvalue weighted by Crippen LogP contribution is -2.47. The number of fused-ring (bicyclic) bond motifs is 1. The summed E-state index contributed by atoms with van der Waals surface area (Å²) in [4.78, 5) is 4.42. The van der Waals surface area contributed by atoms with Crippen molar-refractivity contribution in [1.29, 1.82) is 0 Å². The largest absolute Gasteiger partial charge is 0.394 e. The van der Waals surface area contributed by atoms with Gasteiger partial charge >= 0.3 is 0 Å². The number of aromatic nitrogens is 2. The molecule has 2 N–H and O–H groups in total. The van der Waals surface area contributed by atoms with Crippen LogP contribution in [0.15, 0.2) is 24.5 Å². The van der Waals surface area contributed by atoms with Gasteiger partial charge in [-0.1, -0.05) is 13.8 Å². The van der Waals surface area contributed by atoms with E-state index in [9.17, 15) is 5.11 Å². The van der Waals surface area contributed by atoms with Crippen molar-refractivity contribution in [2.45, 2.75) is 45.7 Å². The zero-order chi connectivity index (χ0) is 13.9. The summed E-state index contributed by atoms with van der Waals surface area (Å²) in [5.74, 6) is 0. The fourth-order valence-electron chi connectivity index (χ4n) is 2.32. The van der Waals surface area contributed by atoms with Gasteiger partial charge in [0.1, 0.15) is 5.65 Å². The van der Waals surface area contributed by atoms with Crippen molar-refractivity contribution in [2.75, 3.05) is 6.61 Å². The molecule has 0 aliphatic rings. The second-order valence-corrected chi connectivity index (χ2v) is 5.18. The Bertz CT molecular complexity index is 535. The maximum atomic E-state index is 9.57. The number of nitrogens with one attached hydrogen (secondary N) is 1. The van der Waals surface area contributed by atoms with Crippen molar-refractivity contribution >= 4 is 5.65 Å². The summed E-state index contributed by atoms with van der Waals surface area (Å²) in [6.45, 7) is 7.15. The van der Waals surface area contributed by atoms with Crippen LogP contribution < -0.4 is 5.32 Å². The zero-order valence-electron chi connectivity index (χ0n) is 12.0. The van der Waals surface area contributed by atoms with Crippen molar-refractivity contribution in [3.63, 3.8) is 0 Å². The minimum atomic E-state index is -0.186. The number of rotatable bonds is 6. The molecule has 0 fully saturated rings. The smallest absolute Gasteiger partial charge is 0.137 e. The van der Waals surface area contributed by atoms with Gasteiger partial charge in [-0.3, -0.25) is 0 Å². The van der Waals surface area contributed by atoms with Crippen molar-refractivity contribution < 1.29 is 5.11 Å². The number of imidazole rings is 1. The third kappa shape index (κ3) is 2.80. The number of aliphatic hydroxyl groups is 1. The third-order valence-electron chi connectivity index (χ3n) is 4.05. The molecular weight excluding hydrogens is 238 g/mol. The first-order chi connectivity index (χ1) is 9.14. The summed E-state index contributed by atoms with van der Waals surface area (Å²) in [5.41, 5.74) is 3.12. The van der Waals surface area contributed by atoms with Gasteiger partial charge < -0.3 is 14.8 Å². The molecule has 4 heteroatoms. The predicted molar refractivity (Wildman–Crippen MR) is 77.2 cm³/mol. The van der Waals surface area contributed by atoms with E-state index in [4.69, 9.17) is 0 Å². The molecule has 19 heavy (non-hydrogen) atoms. The molecule has 2 heterocycles. The first-order valence-corrected chi connectivity index (χ1v) is 6.92. The van der Waals surface area contributed by atoms with Crippen molar-refractivity contribution in [2.24, 2.45) is 0 Å². The Kier molecular flexibility index (Phi) is 4.22. The summed E-state index contributed by atoms with van der Waals surface area (Å²) >= 11 is 0. The number of pyridine rings is 1. The van der Waals surface area contributed by atoms with Gasteiger partial charge in [-0.05, 0) is 37.5 Å². The van der Waals surface area contributed by atoms with Crippen LogP contribution in [0.25, 0.3) is 5.65 Å². The minimum Gasteiger partial charge on any atom is -0.394 e. The number of aryl methyl sites for hydroxylation is 1. The second kappa shape index (κ2) is 5.72. The van der Waals surface area contributed by atoms with E-state index in [-0.39, 0.29) is 12.1 Å². The number of aliphatic hydroxyl groups excluding tert-OH is 1. The first-order valence-electron chi connectivity index (χ1n) is 6.92. The highest BCUT2D eigenvalue weighted by molar-refractivity contribution is 5.42. The lowest BCUT2D eigenvalue weighted by Gasteiger charge is -2.30. The Morgan fingerprint density at radius 2 is 2.11 bits per heavy atom. The van der Waals surface area contributed by atoms with E-state index in [1.54, 1.807) is 0 Å². The molecule has 0 aliphatic heterocycles. The average molecular weight is 261 g/mol. The van der Waals surface area contributed by atoms with Gasteiger partial charge in [0.25, 0.3) is 0 Å². The Hall–Kier alpha value is -1.39. The van der Waals surface area contributed by atoms with Gasteiger partial charge in [0.05, 0.1) is 18.5 Å². The van der Waals surface area contributed by atoms with E-state index in [1.807, 2.05) is 12.4 Å². The normalized spacial score (nSPS) is 12.2. The van der Waals surface area contributed by atoms with Crippen LogP contribution in [0.5, 0.6) is 0 Å². The van der Waals surface area contributed by atoms with Crippen molar-refractivity contribution in [3.05, 3.63) is 35.8 Å². The van der Waals surface area contributed by atoms with Gasteiger partial charge in [0, 0.05) is 18.3 Å². The van der Waals surface area contributed by atoms with E-state index >= 15 is 0 Å². The van der Waals surface area contributed by atoms with Gasteiger partial charge in [0.2, 0.25) is 0 Å². The van der Waals surface area contributed by atoms with E-state index < -0.39 is 0 Å². The molecule has 2 aromatic rings. The molecule has 104 valence electrons.